The maximum atomic E-state index is 13.3. The molecular weight excluding hydrogens is 329 g/mol. The SMILES string of the molecule is CC1(c2nnc(-c3cccc(F)c3)o2)CN(C(=O)C2(C(=O)O)CC2)C1. The maximum absolute atomic E-state index is 13.3. The molecule has 1 saturated carbocycles. The van der Waals surface area contributed by atoms with E-state index in [9.17, 15) is 19.1 Å². The number of carbonyl (C=O) groups excluding carboxylic acids is 1. The number of nitrogens with zero attached hydrogens (tertiary/aromatic N) is 3. The first-order valence-electron chi connectivity index (χ1n) is 7.97. The van der Waals surface area contributed by atoms with Crippen LogP contribution in [0.15, 0.2) is 28.7 Å². The van der Waals surface area contributed by atoms with Gasteiger partial charge in [-0.1, -0.05) is 6.07 Å². The van der Waals surface area contributed by atoms with Gasteiger partial charge in [0.1, 0.15) is 11.2 Å². The lowest BCUT2D eigenvalue weighted by Gasteiger charge is -2.46. The van der Waals surface area contributed by atoms with Crippen molar-refractivity contribution >= 4 is 11.9 Å². The third kappa shape index (κ3) is 2.40. The van der Waals surface area contributed by atoms with E-state index in [2.05, 4.69) is 10.2 Å². The molecule has 2 fully saturated rings. The lowest BCUT2D eigenvalue weighted by molar-refractivity contribution is -0.157. The van der Waals surface area contributed by atoms with Gasteiger partial charge in [0.15, 0.2) is 0 Å². The van der Waals surface area contributed by atoms with Crippen molar-refractivity contribution in [3.63, 3.8) is 0 Å². The summed E-state index contributed by atoms with van der Waals surface area (Å²) in [7, 11) is 0. The smallest absolute Gasteiger partial charge is 0.319 e. The number of rotatable bonds is 4. The Kier molecular flexibility index (Phi) is 3.22. The minimum absolute atomic E-state index is 0.213. The van der Waals surface area contributed by atoms with Gasteiger partial charge in [0.25, 0.3) is 0 Å². The summed E-state index contributed by atoms with van der Waals surface area (Å²) in [5.41, 5.74) is -1.27. The maximum Gasteiger partial charge on any atom is 0.319 e. The van der Waals surface area contributed by atoms with E-state index in [4.69, 9.17) is 4.42 Å². The molecule has 2 aliphatic rings. The molecule has 1 N–H and O–H groups in total. The zero-order chi connectivity index (χ0) is 17.8. The van der Waals surface area contributed by atoms with Gasteiger partial charge in [0, 0.05) is 18.7 Å². The number of carboxylic acid groups (broad SMARTS) is 1. The molecular formula is C17H16FN3O4. The Morgan fingerprint density at radius 3 is 2.60 bits per heavy atom. The molecule has 4 rings (SSSR count). The summed E-state index contributed by atoms with van der Waals surface area (Å²) in [4.78, 5) is 25.2. The van der Waals surface area contributed by atoms with Gasteiger partial charge < -0.3 is 14.4 Å². The summed E-state index contributed by atoms with van der Waals surface area (Å²) in [5.74, 6) is -1.23. The zero-order valence-electron chi connectivity index (χ0n) is 13.5. The van der Waals surface area contributed by atoms with E-state index in [1.54, 1.807) is 12.1 Å². The molecule has 0 unspecified atom stereocenters. The molecule has 0 atom stereocenters. The number of likely N-dealkylation sites (tertiary alicyclic amines) is 1. The van der Waals surface area contributed by atoms with Crippen molar-refractivity contribution in [2.45, 2.75) is 25.2 Å². The highest BCUT2D eigenvalue weighted by atomic mass is 19.1. The quantitative estimate of drug-likeness (QED) is 0.850. The summed E-state index contributed by atoms with van der Waals surface area (Å²) in [6, 6.07) is 5.86. The second-order valence-electron chi connectivity index (χ2n) is 7.03. The van der Waals surface area contributed by atoms with Gasteiger partial charge in [0.05, 0.1) is 5.41 Å². The Labute approximate surface area is 142 Å². The third-order valence-electron chi connectivity index (χ3n) is 4.95. The van der Waals surface area contributed by atoms with Crippen LogP contribution in [0.5, 0.6) is 0 Å². The molecule has 130 valence electrons. The normalized spacial score (nSPS) is 20.0. The molecule has 8 heteroatoms. The van der Waals surface area contributed by atoms with Gasteiger partial charge in [0.2, 0.25) is 17.7 Å². The number of carboxylic acids is 1. The second kappa shape index (κ2) is 5.11. The predicted octanol–water partition coefficient (Wildman–Crippen LogP) is 1.84. The molecule has 1 amide bonds. The first kappa shape index (κ1) is 15.7. The van der Waals surface area contributed by atoms with Crippen molar-refractivity contribution in [3.05, 3.63) is 36.0 Å². The Morgan fingerprint density at radius 1 is 1.28 bits per heavy atom. The number of aliphatic carboxylic acids is 1. The van der Waals surface area contributed by atoms with E-state index < -0.39 is 22.6 Å². The van der Waals surface area contributed by atoms with Gasteiger partial charge >= 0.3 is 5.97 Å². The van der Waals surface area contributed by atoms with Crippen LogP contribution in [0.1, 0.15) is 25.7 Å². The first-order valence-corrected chi connectivity index (χ1v) is 7.97. The van der Waals surface area contributed by atoms with Crippen molar-refractivity contribution < 1.29 is 23.5 Å². The first-order chi connectivity index (χ1) is 11.8. The number of carbonyl (C=O) groups is 2. The van der Waals surface area contributed by atoms with Crippen molar-refractivity contribution in [2.75, 3.05) is 13.1 Å². The largest absolute Gasteiger partial charge is 0.480 e. The number of benzene rings is 1. The molecule has 7 nitrogen and oxygen atoms in total. The summed E-state index contributed by atoms with van der Waals surface area (Å²) < 4.78 is 19.0. The molecule has 25 heavy (non-hydrogen) atoms. The van der Waals surface area contributed by atoms with Gasteiger partial charge in [-0.25, -0.2) is 4.39 Å². The minimum Gasteiger partial charge on any atom is -0.480 e. The number of aromatic nitrogens is 2. The Balaban J connectivity index is 1.49. The molecule has 1 aromatic carbocycles. The van der Waals surface area contributed by atoms with Crippen LogP contribution < -0.4 is 0 Å². The molecule has 1 aliphatic heterocycles. The molecule has 1 aromatic heterocycles. The lowest BCUT2D eigenvalue weighted by atomic mass is 9.80. The molecule has 0 spiro atoms. The Bertz CT molecular complexity index is 868. The fraction of sp³-hybridized carbons (Fsp3) is 0.412. The van der Waals surface area contributed by atoms with Crippen LogP contribution in [0.3, 0.4) is 0 Å². The van der Waals surface area contributed by atoms with Gasteiger partial charge in [-0.15, -0.1) is 10.2 Å². The number of hydrogen-bond acceptors (Lipinski definition) is 5. The van der Waals surface area contributed by atoms with Gasteiger partial charge in [-0.2, -0.15) is 0 Å². The third-order valence-corrected chi connectivity index (χ3v) is 4.95. The standard InChI is InChI=1S/C17H16FN3O4/c1-16(8-21(9-16)14(22)17(5-6-17)15(23)24)13-20-19-12(25-13)10-3-2-4-11(18)7-10/h2-4,7H,5-6,8-9H2,1H3,(H,23,24). The Morgan fingerprint density at radius 2 is 2.00 bits per heavy atom. The van der Waals surface area contributed by atoms with Crippen molar-refractivity contribution in [1.29, 1.82) is 0 Å². The van der Waals surface area contributed by atoms with Crippen LogP contribution in [-0.2, 0) is 15.0 Å². The van der Waals surface area contributed by atoms with Crippen molar-refractivity contribution in [3.8, 4) is 11.5 Å². The summed E-state index contributed by atoms with van der Waals surface area (Å²) in [5, 5.41) is 17.2. The van der Waals surface area contributed by atoms with E-state index in [0.717, 1.165) is 0 Å². The van der Waals surface area contributed by atoms with Crippen LogP contribution in [0.2, 0.25) is 0 Å². The van der Waals surface area contributed by atoms with E-state index in [1.807, 2.05) is 6.92 Å². The van der Waals surface area contributed by atoms with E-state index in [1.165, 1.54) is 17.0 Å². The van der Waals surface area contributed by atoms with Crippen molar-refractivity contribution in [2.24, 2.45) is 5.41 Å². The van der Waals surface area contributed by atoms with Crippen LogP contribution >= 0.6 is 0 Å². The summed E-state index contributed by atoms with van der Waals surface area (Å²) in [6.07, 6.45) is 0.775. The van der Waals surface area contributed by atoms with Crippen LogP contribution in [0.25, 0.3) is 11.5 Å². The van der Waals surface area contributed by atoms with Crippen LogP contribution in [0, 0.1) is 11.2 Å². The highest BCUT2D eigenvalue weighted by molar-refractivity contribution is 6.05. The number of hydrogen-bond donors (Lipinski definition) is 1. The van der Waals surface area contributed by atoms with E-state index >= 15 is 0 Å². The monoisotopic (exact) mass is 345 g/mol. The highest BCUT2D eigenvalue weighted by Crippen LogP contribution is 2.49. The Hall–Kier alpha value is -2.77. The molecule has 2 heterocycles. The van der Waals surface area contributed by atoms with Gasteiger partial charge in [-0.3, -0.25) is 9.59 Å². The van der Waals surface area contributed by atoms with Crippen molar-refractivity contribution in [1.82, 2.24) is 15.1 Å². The minimum atomic E-state index is -1.23. The second-order valence-corrected chi connectivity index (χ2v) is 7.03. The highest BCUT2D eigenvalue weighted by Gasteiger charge is 2.61. The average molecular weight is 345 g/mol. The summed E-state index contributed by atoms with van der Waals surface area (Å²) in [6.45, 7) is 2.53. The van der Waals surface area contributed by atoms with Gasteiger partial charge in [-0.05, 0) is 38.0 Å². The van der Waals surface area contributed by atoms with Crippen LogP contribution in [0.4, 0.5) is 4.39 Å². The lowest BCUT2D eigenvalue weighted by Crippen LogP contribution is -2.62. The van der Waals surface area contributed by atoms with E-state index in [0.29, 0.717) is 37.4 Å². The number of amides is 1. The molecule has 0 bridgehead atoms. The molecule has 2 aromatic rings. The summed E-state index contributed by atoms with van der Waals surface area (Å²) >= 11 is 0. The topological polar surface area (TPSA) is 96.5 Å². The molecule has 0 radical (unpaired) electrons. The fourth-order valence-electron chi connectivity index (χ4n) is 3.23. The van der Waals surface area contributed by atoms with Crippen LogP contribution in [-0.4, -0.2) is 45.2 Å². The predicted molar refractivity (Wildman–Crippen MR) is 82.9 cm³/mol. The fourth-order valence-corrected chi connectivity index (χ4v) is 3.23. The zero-order valence-corrected chi connectivity index (χ0v) is 13.5. The average Bonchev–Trinajstić information content (AvgIpc) is 3.22. The molecule has 1 saturated heterocycles. The molecule has 1 aliphatic carbocycles. The number of halogens is 1. The van der Waals surface area contributed by atoms with E-state index in [-0.39, 0.29) is 11.8 Å².